The van der Waals surface area contributed by atoms with Gasteiger partial charge in [-0.25, -0.2) is 9.78 Å². The molecular weight excluding hydrogens is 426 g/mol. The van der Waals surface area contributed by atoms with E-state index in [0.717, 1.165) is 10.3 Å². The fraction of sp³-hybridized carbons (Fsp3) is 0.217. The maximum atomic E-state index is 12.6. The monoisotopic (exact) mass is 449 g/mol. The standard InChI is InChI=1S/C23H23N5O5/c1-4-32-16-9-11-18(12-10-16)33-17-7-5-15(6-8-17)25-19(29)13-28-14-24-21-20(28)22(30)27(3)23(31)26(21)2/h5-12,14H,4,13H2,1-3H3,(H,25,29). The molecule has 0 aliphatic rings. The highest BCUT2D eigenvalue weighted by atomic mass is 16.5. The van der Waals surface area contributed by atoms with Crippen molar-refractivity contribution in [1.29, 1.82) is 0 Å². The van der Waals surface area contributed by atoms with Gasteiger partial charge in [-0.2, -0.15) is 0 Å². The number of nitrogens with zero attached hydrogens (tertiary/aromatic N) is 4. The highest BCUT2D eigenvalue weighted by Gasteiger charge is 2.16. The Balaban J connectivity index is 1.43. The van der Waals surface area contributed by atoms with Crippen molar-refractivity contribution in [1.82, 2.24) is 18.7 Å². The largest absolute Gasteiger partial charge is 0.494 e. The summed E-state index contributed by atoms with van der Waals surface area (Å²) < 4.78 is 14.9. The Kier molecular flexibility index (Phi) is 5.99. The molecule has 0 aliphatic heterocycles. The van der Waals surface area contributed by atoms with Crippen molar-refractivity contribution in [2.75, 3.05) is 11.9 Å². The van der Waals surface area contributed by atoms with Crippen LogP contribution in [0.1, 0.15) is 6.92 Å². The molecule has 0 spiro atoms. The molecule has 0 saturated heterocycles. The number of hydrogen-bond donors (Lipinski definition) is 1. The van der Waals surface area contributed by atoms with Crippen molar-refractivity contribution in [2.24, 2.45) is 14.1 Å². The number of hydrogen-bond acceptors (Lipinski definition) is 6. The van der Waals surface area contributed by atoms with Crippen LogP contribution >= 0.6 is 0 Å². The number of aromatic nitrogens is 4. The van der Waals surface area contributed by atoms with Crippen molar-refractivity contribution in [3.05, 3.63) is 75.7 Å². The SMILES string of the molecule is CCOc1ccc(Oc2ccc(NC(=O)Cn3cnc4c3c(=O)n(C)c(=O)n4C)cc2)cc1. The van der Waals surface area contributed by atoms with Crippen LogP contribution in [0.4, 0.5) is 5.69 Å². The average Bonchev–Trinajstić information content (AvgIpc) is 3.22. The van der Waals surface area contributed by atoms with Gasteiger partial charge in [-0.1, -0.05) is 0 Å². The molecule has 10 nitrogen and oxygen atoms in total. The first-order valence-electron chi connectivity index (χ1n) is 10.3. The Morgan fingerprint density at radius 1 is 0.939 bits per heavy atom. The van der Waals surface area contributed by atoms with Gasteiger partial charge in [0, 0.05) is 19.8 Å². The van der Waals surface area contributed by atoms with Gasteiger partial charge < -0.3 is 19.4 Å². The van der Waals surface area contributed by atoms with E-state index in [0.29, 0.717) is 23.8 Å². The van der Waals surface area contributed by atoms with Gasteiger partial charge in [0.25, 0.3) is 5.56 Å². The van der Waals surface area contributed by atoms with E-state index in [2.05, 4.69) is 10.3 Å². The van der Waals surface area contributed by atoms with E-state index in [1.54, 1.807) is 24.3 Å². The van der Waals surface area contributed by atoms with Crippen LogP contribution in [0.15, 0.2) is 64.4 Å². The zero-order valence-corrected chi connectivity index (χ0v) is 18.4. The number of nitrogens with one attached hydrogen (secondary N) is 1. The van der Waals surface area contributed by atoms with Crippen LogP contribution in [0.5, 0.6) is 17.2 Å². The second-order valence-corrected chi connectivity index (χ2v) is 7.33. The van der Waals surface area contributed by atoms with Crippen LogP contribution in [0, 0.1) is 0 Å². The molecule has 0 aliphatic carbocycles. The molecule has 1 N–H and O–H groups in total. The van der Waals surface area contributed by atoms with E-state index in [9.17, 15) is 14.4 Å². The zero-order valence-electron chi connectivity index (χ0n) is 18.4. The predicted molar refractivity (Wildman–Crippen MR) is 123 cm³/mol. The van der Waals surface area contributed by atoms with E-state index in [4.69, 9.17) is 9.47 Å². The lowest BCUT2D eigenvalue weighted by atomic mass is 10.3. The third-order valence-electron chi connectivity index (χ3n) is 5.04. The topological polar surface area (TPSA) is 109 Å². The van der Waals surface area contributed by atoms with E-state index < -0.39 is 11.2 Å². The van der Waals surface area contributed by atoms with Gasteiger partial charge in [-0.3, -0.25) is 18.7 Å². The molecule has 4 aromatic rings. The summed E-state index contributed by atoms with van der Waals surface area (Å²) in [4.78, 5) is 41.2. The van der Waals surface area contributed by atoms with Crippen molar-refractivity contribution in [2.45, 2.75) is 13.5 Å². The number of amides is 1. The number of rotatable bonds is 7. The van der Waals surface area contributed by atoms with Crippen LogP contribution in [0.3, 0.4) is 0 Å². The highest BCUT2D eigenvalue weighted by Crippen LogP contribution is 2.25. The summed E-state index contributed by atoms with van der Waals surface area (Å²) in [5.74, 6) is 1.71. The number of carbonyl (C=O) groups is 1. The number of benzene rings is 2. The number of imidazole rings is 1. The average molecular weight is 449 g/mol. The Bertz CT molecular complexity index is 1420. The molecule has 0 fully saturated rings. The lowest BCUT2D eigenvalue weighted by Gasteiger charge is -2.10. The molecule has 0 saturated carbocycles. The van der Waals surface area contributed by atoms with E-state index in [1.165, 1.54) is 29.6 Å². The first kappa shape index (κ1) is 21.9. The summed E-state index contributed by atoms with van der Waals surface area (Å²) in [7, 11) is 2.91. The van der Waals surface area contributed by atoms with Gasteiger partial charge in [-0.05, 0) is 55.5 Å². The molecule has 2 aromatic carbocycles. The summed E-state index contributed by atoms with van der Waals surface area (Å²) >= 11 is 0. The number of ether oxygens (including phenoxy) is 2. The Morgan fingerprint density at radius 2 is 1.55 bits per heavy atom. The smallest absolute Gasteiger partial charge is 0.332 e. The van der Waals surface area contributed by atoms with E-state index >= 15 is 0 Å². The van der Waals surface area contributed by atoms with Gasteiger partial charge >= 0.3 is 5.69 Å². The summed E-state index contributed by atoms with van der Waals surface area (Å²) in [5, 5.41) is 2.78. The number of fused-ring (bicyclic) bond motifs is 1. The molecule has 1 amide bonds. The Morgan fingerprint density at radius 3 is 2.18 bits per heavy atom. The molecular formula is C23H23N5O5. The van der Waals surface area contributed by atoms with Crippen molar-refractivity contribution in [3.63, 3.8) is 0 Å². The molecule has 0 radical (unpaired) electrons. The molecule has 2 aromatic heterocycles. The van der Waals surface area contributed by atoms with Gasteiger partial charge in [-0.15, -0.1) is 0 Å². The van der Waals surface area contributed by atoms with Crippen molar-refractivity contribution >= 4 is 22.8 Å². The number of carbonyl (C=O) groups excluding carboxylic acids is 1. The van der Waals surface area contributed by atoms with Crippen molar-refractivity contribution < 1.29 is 14.3 Å². The summed E-state index contributed by atoms with van der Waals surface area (Å²) in [6.07, 6.45) is 1.37. The fourth-order valence-electron chi connectivity index (χ4n) is 3.39. The van der Waals surface area contributed by atoms with Crippen LogP contribution in [0.25, 0.3) is 11.2 Å². The summed E-state index contributed by atoms with van der Waals surface area (Å²) in [6, 6.07) is 14.2. The maximum Gasteiger partial charge on any atom is 0.332 e. The minimum Gasteiger partial charge on any atom is -0.494 e. The number of aryl methyl sites for hydroxylation is 1. The molecule has 33 heavy (non-hydrogen) atoms. The van der Waals surface area contributed by atoms with E-state index in [1.807, 2.05) is 31.2 Å². The summed E-state index contributed by atoms with van der Waals surface area (Å²) in [5.41, 5.74) is 0.00764. The van der Waals surface area contributed by atoms with Crippen molar-refractivity contribution in [3.8, 4) is 17.2 Å². The van der Waals surface area contributed by atoms with Crippen LogP contribution in [-0.4, -0.2) is 31.2 Å². The molecule has 2 heterocycles. The lowest BCUT2D eigenvalue weighted by Crippen LogP contribution is -2.37. The van der Waals surface area contributed by atoms with Crippen LogP contribution < -0.4 is 26.0 Å². The first-order chi connectivity index (χ1) is 15.9. The maximum absolute atomic E-state index is 12.6. The second-order valence-electron chi connectivity index (χ2n) is 7.33. The zero-order chi connectivity index (χ0) is 23.5. The number of anilines is 1. The molecule has 4 rings (SSSR count). The highest BCUT2D eigenvalue weighted by molar-refractivity contribution is 5.91. The van der Waals surface area contributed by atoms with Gasteiger partial charge in [0.05, 0.1) is 12.9 Å². The van der Waals surface area contributed by atoms with Crippen LogP contribution in [-0.2, 0) is 25.4 Å². The normalized spacial score (nSPS) is 10.9. The molecule has 170 valence electrons. The van der Waals surface area contributed by atoms with E-state index in [-0.39, 0.29) is 23.6 Å². The minimum atomic E-state index is -0.505. The second kappa shape index (κ2) is 9.03. The lowest BCUT2D eigenvalue weighted by molar-refractivity contribution is -0.116. The van der Waals surface area contributed by atoms with Gasteiger partial charge in [0.2, 0.25) is 5.91 Å². The van der Waals surface area contributed by atoms with Gasteiger partial charge in [0.1, 0.15) is 23.8 Å². The fourth-order valence-corrected chi connectivity index (χ4v) is 3.39. The predicted octanol–water partition coefficient (Wildman–Crippen LogP) is 2.26. The third kappa shape index (κ3) is 4.49. The Hall–Kier alpha value is -4.34. The molecule has 0 atom stereocenters. The quantitative estimate of drug-likeness (QED) is 0.464. The molecule has 10 heteroatoms. The minimum absolute atomic E-state index is 0.131. The first-order valence-corrected chi connectivity index (χ1v) is 10.3. The molecule has 0 unspecified atom stereocenters. The molecule has 0 bridgehead atoms. The third-order valence-corrected chi connectivity index (χ3v) is 5.04. The van der Waals surface area contributed by atoms with Crippen LogP contribution in [0.2, 0.25) is 0 Å². The van der Waals surface area contributed by atoms with Gasteiger partial charge in [0.15, 0.2) is 11.2 Å². The summed E-state index contributed by atoms with van der Waals surface area (Å²) in [6.45, 7) is 2.39. The Labute approximate surface area is 188 Å².